The highest BCUT2D eigenvalue weighted by atomic mass is 35.5. The molecule has 1 amide bonds. The smallest absolute Gasteiger partial charge is 0.291 e. The number of rotatable bonds is 5. The van der Waals surface area contributed by atoms with Crippen LogP contribution >= 0.6 is 46.1 Å². The number of hydrogen-bond acceptors (Lipinski definition) is 6. The monoisotopic (exact) mass is 476 g/mol. The molecule has 0 aliphatic rings. The molecule has 0 spiro atoms. The van der Waals surface area contributed by atoms with E-state index >= 15 is 0 Å². The summed E-state index contributed by atoms with van der Waals surface area (Å²) in [5, 5.41) is 10.7. The van der Waals surface area contributed by atoms with Crippen LogP contribution in [0.1, 0.15) is 15.9 Å². The lowest BCUT2D eigenvalue weighted by Gasteiger charge is -2.08. The minimum Gasteiger partial charge on any atom is -0.296 e. The van der Waals surface area contributed by atoms with Crippen LogP contribution in [0, 0.1) is 6.92 Å². The van der Waals surface area contributed by atoms with Crippen molar-refractivity contribution in [1.82, 2.24) is 10.2 Å². The molecule has 0 bridgehead atoms. The van der Waals surface area contributed by atoms with Crippen molar-refractivity contribution in [3.05, 3.63) is 62.6 Å². The Balaban J connectivity index is 1.79. The van der Waals surface area contributed by atoms with Gasteiger partial charge in [0.1, 0.15) is 0 Å². The number of amides is 1. The van der Waals surface area contributed by atoms with Crippen LogP contribution < -0.4 is 10.0 Å². The first kappa shape index (κ1) is 20.8. The second-order valence-corrected chi connectivity index (χ2v) is 9.63. The van der Waals surface area contributed by atoms with Gasteiger partial charge in [-0.2, -0.15) is 8.42 Å². The maximum Gasteiger partial charge on any atom is 0.291 e. The molecule has 3 rings (SSSR count). The number of carbonyl (C=O) groups is 1. The molecule has 7 nitrogen and oxygen atoms in total. The predicted octanol–water partition coefficient (Wildman–Crippen LogP) is 4.86. The van der Waals surface area contributed by atoms with E-state index in [0.29, 0.717) is 32.6 Å². The Kier molecular flexibility index (Phi) is 6.11. The molecule has 0 fully saturated rings. The lowest BCUT2D eigenvalue weighted by Crippen LogP contribution is -2.13. The van der Waals surface area contributed by atoms with Gasteiger partial charge in [0.25, 0.3) is 20.3 Å². The first-order valence-corrected chi connectivity index (χ1v) is 11.0. The van der Waals surface area contributed by atoms with Gasteiger partial charge in [0.15, 0.2) is 0 Å². The van der Waals surface area contributed by atoms with Crippen molar-refractivity contribution < 1.29 is 13.2 Å². The summed E-state index contributed by atoms with van der Waals surface area (Å²) in [6, 6.07) is 9.20. The average Bonchev–Trinajstić information content (AvgIpc) is 3.07. The van der Waals surface area contributed by atoms with Crippen molar-refractivity contribution in [2.45, 2.75) is 11.3 Å². The number of nitrogens with one attached hydrogen (secondary N) is 2. The zero-order chi connectivity index (χ0) is 20.5. The van der Waals surface area contributed by atoms with Crippen LogP contribution in [-0.4, -0.2) is 24.5 Å². The maximum atomic E-state index is 12.5. The SMILES string of the molecule is Cc1ccc(Cl)cc1NS(=O)(=O)c1nnc(NC(=O)c2ccc(Cl)cc2Cl)s1. The molecule has 0 saturated carbocycles. The first-order chi connectivity index (χ1) is 13.2. The van der Waals surface area contributed by atoms with Gasteiger partial charge in [-0.1, -0.05) is 52.2 Å². The lowest BCUT2D eigenvalue weighted by molar-refractivity contribution is 0.102. The summed E-state index contributed by atoms with van der Waals surface area (Å²) >= 11 is 18.4. The highest BCUT2D eigenvalue weighted by Crippen LogP contribution is 2.27. The summed E-state index contributed by atoms with van der Waals surface area (Å²) in [7, 11) is -4.00. The molecule has 0 aliphatic carbocycles. The van der Waals surface area contributed by atoms with Crippen LogP contribution in [0.15, 0.2) is 40.7 Å². The van der Waals surface area contributed by atoms with Gasteiger partial charge in [0.05, 0.1) is 16.3 Å². The normalized spacial score (nSPS) is 11.3. The molecule has 2 N–H and O–H groups in total. The number of anilines is 2. The van der Waals surface area contributed by atoms with Crippen LogP contribution in [0.2, 0.25) is 15.1 Å². The molecule has 3 aromatic rings. The van der Waals surface area contributed by atoms with E-state index in [1.165, 1.54) is 24.3 Å². The van der Waals surface area contributed by atoms with Crippen molar-refractivity contribution in [1.29, 1.82) is 0 Å². The Morgan fingerprint density at radius 3 is 2.43 bits per heavy atom. The first-order valence-electron chi connectivity index (χ1n) is 7.54. The number of aryl methyl sites for hydroxylation is 1. The molecule has 28 heavy (non-hydrogen) atoms. The van der Waals surface area contributed by atoms with Gasteiger partial charge in [-0.3, -0.25) is 14.8 Å². The fraction of sp³-hybridized carbons (Fsp3) is 0.0625. The molecule has 2 aromatic carbocycles. The number of benzene rings is 2. The molecular formula is C16H11Cl3N4O3S2. The van der Waals surface area contributed by atoms with E-state index in [2.05, 4.69) is 20.2 Å². The fourth-order valence-electron chi connectivity index (χ4n) is 2.10. The number of aromatic nitrogens is 2. The van der Waals surface area contributed by atoms with Crippen LogP contribution in [0.4, 0.5) is 10.8 Å². The Hall–Kier alpha value is -1.91. The van der Waals surface area contributed by atoms with Gasteiger partial charge < -0.3 is 0 Å². The molecule has 0 saturated heterocycles. The summed E-state index contributed by atoms with van der Waals surface area (Å²) < 4.78 is 27.2. The van der Waals surface area contributed by atoms with Gasteiger partial charge in [-0.25, -0.2) is 0 Å². The van der Waals surface area contributed by atoms with Gasteiger partial charge in [0.2, 0.25) is 5.13 Å². The third-order valence-electron chi connectivity index (χ3n) is 3.48. The van der Waals surface area contributed by atoms with E-state index in [1.54, 1.807) is 19.1 Å². The molecule has 12 heteroatoms. The van der Waals surface area contributed by atoms with Crippen molar-refractivity contribution in [3.8, 4) is 0 Å². The van der Waals surface area contributed by atoms with Crippen molar-refractivity contribution in [2.24, 2.45) is 0 Å². The van der Waals surface area contributed by atoms with Gasteiger partial charge in [-0.05, 0) is 42.8 Å². The lowest BCUT2D eigenvalue weighted by atomic mass is 10.2. The molecule has 1 heterocycles. The summed E-state index contributed by atoms with van der Waals surface area (Å²) in [6.45, 7) is 1.73. The molecule has 1 aromatic heterocycles. The molecule has 0 atom stereocenters. The van der Waals surface area contributed by atoms with Crippen LogP contribution in [-0.2, 0) is 10.0 Å². The molecule has 146 valence electrons. The highest BCUT2D eigenvalue weighted by molar-refractivity contribution is 7.94. The van der Waals surface area contributed by atoms with E-state index in [9.17, 15) is 13.2 Å². The zero-order valence-corrected chi connectivity index (χ0v) is 17.9. The van der Waals surface area contributed by atoms with E-state index in [-0.39, 0.29) is 20.1 Å². The quantitative estimate of drug-likeness (QED) is 0.511. The summed E-state index contributed by atoms with van der Waals surface area (Å²) in [4.78, 5) is 12.3. The number of carbonyl (C=O) groups excluding carboxylic acids is 1. The Bertz CT molecular complexity index is 1170. The van der Waals surface area contributed by atoms with Crippen molar-refractivity contribution in [3.63, 3.8) is 0 Å². The Morgan fingerprint density at radius 2 is 1.71 bits per heavy atom. The topological polar surface area (TPSA) is 101 Å². The van der Waals surface area contributed by atoms with Gasteiger partial charge >= 0.3 is 0 Å². The highest BCUT2D eigenvalue weighted by Gasteiger charge is 2.22. The number of nitrogens with zero attached hydrogens (tertiary/aromatic N) is 2. The Morgan fingerprint density at radius 1 is 1.04 bits per heavy atom. The minimum absolute atomic E-state index is 0.000734. The third-order valence-corrected chi connectivity index (χ3v) is 6.83. The van der Waals surface area contributed by atoms with Crippen LogP contribution in [0.25, 0.3) is 0 Å². The van der Waals surface area contributed by atoms with Gasteiger partial charge in [0, 0.05) is 10.0 Å². The third kappa shape index (κ3) is 4.73. The molecule has 0 unspecified atom stereocenters. The average molecular weight is 478 g/mol. The van der Waals surface area contributed by atoms with E-state index in [4.69, 9.17) is 34.8 Å². The second-order valence-electron chi connectivity index (χ2n) is 5.52. The van der Waals surface area contributed by atoms with Gasteiger partial charge in [-0.15, -0.1) is 10.2 Å². The number of sulfonamides is 1. The van der Waals surface area contributed by atoms with E-state index in [0.717, 1.165) is 0 Å². The van der Waals surface area contributed by atoms with E-state index < -0.39 is 15.9 Å². The van der Waals surface area contributed by atoms with Crippen LogP contribution in [0.5, 0.6) is 0 Å². The Labute approximate surface area is 179 Å². The number of halogens is 3. The second kappa shape index (κ2) is 8.22. The predicted molar refractivity (Wildman–Crippen MR) is 111 cm³/mol. The summed E-state index contributed by atoms with van der Waals surface area (Å²) in [5.41, 5.74) is 1.17. The molecule has 0 aliphatic heterocycles. The maximum absolute atomic E-state index is 12.5. The molecular weight excluding hydrogens is 467 g/mol. The van der Waals surface area contributed by atoms with E-state index in [1.807, 2.05) is 0 Å². The molecule has 0 radical (unpaired) electrons. The fourth-order valence-corrected chi connectivity index (χ4v) is 4.78. The van der Waals surface area contributed by atoms with Crippen molar-refractivity contribution >= 4 is 72.9 Å². The summed E-state index contributed by atoms with van der Waals surface area (Å²) in [6.07, 6.45) is 0. The number of hydrogen-bond donors (Lipinski definition) is 2. The van der Waals surface area contributed by atoms with Crippen molar-refractivity contribution in [2.75, 3.05) is 10.0 Å². The minimum atomic E-state index is -4.00. The summed E-state index contributed by atoms with van der Waals surface area (Å²) in [5.74, 6) is -0.569. The van der Waals surface area contributed by atoms with Crippen LogP contribution in [0.3, 0.4) is 0 Å². The largest absolute Gasteiger partial charge is 0.296 e. The zero-order valence-electron chi connectivity index (χ0n) is 14.0. The standard InChI is InChI=1S/C16H11Cl3N4O3S2/c1-8-2-3-10(18)7-13(8)23-28(25,26)16-22-21-15(27-16)20-14(24)11-5-4-9(17)6-12(11)19/h2-7,23H,1H3,(H,20,21,24).